The Bertz CT molecular complexity index is 774. The van der Waals surface area contributed by atoms with Crippen LogP contribution < -0.4 is 10.6 Å². The number of benzene rings is 1. The predicted octanol–water partition coefficient (Wildman–Crippen LogP) is 3.17. The first kappa shape index (κ1) is 21.2. The lowest BCUT2D eigenvalue weighted by atomic mass is 10.1. The van der Waals surface area contributed by atoms with Gasteiger partial charge < -0.3 is 15.5 Å². The van der Waals surface area contributed by atoms with Gasteiger partial charge in [0.1, 0.15) is 0 Å². The molecule has 0 fully saturated rings. The smallest absolute Gasteiger partial charge is 0.243 e. The van der Waals surface area contributed by atoms with Gasteiger partial charge in [0.25, 0.3) is 0 Å². The number of aromatic nitrogens is 2. The van der Waals surface area contributed by atoms with E-state index in [1.54, 1.807) is 7.05 Å². The minimum atomic E-state index is -0.213. The van der Waals surface area contributed by atoms with E-state index in [9.17, 15) is 9.59 Å². The van der Waals surface area contributed by atoms with E-state index in [2.05, 4.69) is 27.8 Å². The summed E-state index contributed by atoms with van der Waals surface area (Å²) in [7, 11) is 1.63. The Balaban J connectivity index is 1.81. The van der Waals surface area contributed by atoms with Crippen molar-refractivity contribution < 1.29 is 9.59 Å². The van der Waals surface area contributed by atoms with Crippen molar-refractivity contribution in [1.29, 1.82) is 0 Å². The molecule has 0 aliphatic heterocycles. The second-order valence-corrected chi connectivity index (χ2v) is 8.35. The molecule has 0 saturated carbocycles. The zero-order valence-corrected chi connectivity index (χ0v) is 17.7. The molecular weight excluding hydrogens is 382 g/mol. The van der Waals surface area contributed by atoms with Crippen LogP contribution in [0.2, 0.25) is 0 Å². The molecule has 2 aromatic rings. The molecule has 7 nitrogen and oxygen atoms in total. The Kier molecular flexibility index (Phi) is 8.05. The van der Waals surface area contributed by atoms with E-state index < -0.39 is 0 Å². The summed E-state index contributed by atoms with van der Waals surface area (Å²) >= 11 is 2.75. The molecule has 0 atom stereocenters. The molecule has 2 amide bonds. The molecule has 1 aromatic heterocycles. The van der Waals surface area contributed by atoms with Crippen LogP contribution in [0.1, 0.15) is 24.5 Å². The first-order valence-electron chi connectivity index (χ1n) is 8.71. The Labute approximate surface area is 167 Å². The van der Waals surface area contributed by atoms with Crippen LogP contribution in [0.4, 0.5) is 10.8 Å². The van der Waals surface area contributed by atoms with Crippen molar-refractivity contribution in [2.75, 3.05) is 36.5 Å². The van der Waals surface area contributed by atoms with Gasteiger partial charge in [-0.1, -0.05) is 48.2 Å². The first-order valence-corrected chi connectivity index (χ1v) is 10.5. The summed E-state index contributed by atoms with van der Waals surface area (Å²) < 4.78 is 0.732. The summed E-state index contributed by atoms with van der Waals surface area (Å²) in [6, 6.07) is 5.84. The van der Waals surface area contributed by atoms with Gasteiger partial charge >= 0.3 is 0 Å². The van der Waals surface area contributed by atoms with Gasteiger partial charge in [-0.05, 0) is 31.4 Å². The molecule has 0 spiro atoms. The van der Waals surface area contributed by atoms with E-state index in [1.165, 1.54) is 28.0 Å². The molecule has 27 heavy (non-hydrogen) atoms. The van der Waals surface area contributed by atoms with Crippen LogP contribution in [-0.4, -0.2) is 52.8 Å². The second-order valence-electron chi connectivity index (χ2n) is 6.15. The normalized spacial score (nSPS) is 10.5. The lowest BCUT2D eigenvalue weighted by molar-refractivity contribution is -0.131. The van der Waals surface area contributed by atoms with Crippen molar-refractivity contribution in [3.05, 3.63) is 29.3 Å². The molecule has 2 rings (SSSR count). The van der Waals surface area contributed by atoms with Crippen molar-refractivity contribution in [1.82, 2.24) is 15.1 Å². The van der Waals surface area contributed by atoms with Crippen molar-refractivity contribution in [2.45, 2.75) is 31.5 Å². The highest BCUT2D eigenvalue weighted by Gasteiger charge is 2.16. The van der Waals surface area contributed by atoms with E-state index in [0.717, 1.165) is 39.3 Å². The van der Waals surface area contributed by atoms with Crippen LogP contribution in [0.5, 0.6) is 0 Å². The maximum absolute atomic E-state index is 12.3. The number of carbonyl (C=O) groups is 2. The topological polar surface area (TPSA) is 87.2 Å². The SMILES string of the molecule is CCCNc1nnc(SCC(=O)N(C)CC(=O)Nc2c(C)cccc2C)s1. The third-order valence-electron chi connectivity index (χ3n) is 3.80. The second kappa shape index (κ2) is 10.3. The first-order chi connectivity index (χ1) is 12.9. The van der Waals surface area contributed by atoms with Crippen molar-refractivity contribution >= 4 is 45.7 Å². The average molecular weight is 408 g/mol. The number of para-hydroxylation sites is 1. The molecule has 146 valence electrons. The molecule has 0 unspecified atom stereocenters. The number of aryl methyl sites for hydroxylation is 2. The zero-order valence-electron chi connectivity index (χ0n) is 16.0. The fraction of sp³-hybridized carbons (Fsp3) is 0.444. The monoisotopic (exact) mass is 407 g/mol. The quantitative estimate of drug-likeness (QED) is 0.621. The van der Waals surface area contributed by atoms with Gasteiger partial charge in [0, 0.05) is 19.3 Å². The Morgan fingerprint density at radius 1 is 1.22 bits per heavy atom. The van der Waals surface area contributed by atoms with Crippen LogP contribution in [0.3, 0.4) is 0 Å². The summed E-state index contributed by atoms with van der Waals surface area (Å²) in [5, 5.41) is 14.9. The minimum Gasteiger partial charge on any atom is -0.360 e. The Morgan fingerprint density at radius 3 is 2.59 bits per heavy atom. The van der Waals surface area contributed by atoms with Crippen molar-refractivity contribution in [3.63, 3.8) is 0 Å². The largest absolute Gasteiger partial charge is 0.360 e. The molecule has 2 N–H and O–H groups in total. The highest BCUT2D eigenvalue weighted by atomic mass is 32.2. The van der Waals surface area contributed by atoms with E-state index in [4.69, 9.17) is 0 Å². The molecular formula is C18H25N5O2S2. The number of carbonyl (C=O) groups excluding carboxylic acids is 2. The molecule has 0 aliphatic carbocycles. The Morgan fingerprint density at radius 2 is 1.93 bits per heavy atom. The zero-order chi connectivity index (χ0) is 19.8. The van der Waals surface area contributed by atoms with Crippen LogP contribution >= 0.6 is 23.1 Å². The van der Waals surface area contributed by atoms with Gasteiger partial charge in [0.2, 0.25) is 16.9 Å². The van der Waals surface area contributed by atoms with E-state index in [0.29, 0.717) is 0 Å². The maximum atomic E-state index is 12.3. The van der Waals surface area contributed by atoms with Gasteiger partial charge in [0.05, 0.1) is 12.3 Å². The number of hydrogen-bond acceptors (Lipinski definition) is 7. The number of nitrogens with zero attached hydrogens (tertiary/aromatic N) is 3. The maximum Gasteiger partial charge on any atom is 0.243 e. The third-order valence-corrected chi connectivity index (χ3v) is 5.80. The molecule has 0 aliphatic rings. The number of amides is 2. The summed E-state index contributed by atoms with van der Waals surface area (Å²) in [4.78, 5) is 26.0. The number of thioether (sulfide) groups is 1. The fourth-order valence-electron chi connectivity index (χ4n) is 2.30. The minimum absolute atomic E-state index is 0.00654. The number of rotatable bonds is 9. The summed E-state index contributed by atoms with van der Waals surface area (Å²) in [5.41, 5.74) is 2.80. The number of likely N-dealkylation sites (N-methyl/N-ethyl adjacent to an activating group) is 1. The lowest BCUT2D eigenvalue weighted by Crippen LogP contribution is -2.36. The van der Waals surface area contributed by atoms with Gasteiger partial charge in [0.15, 0.2) is 4.34 Å². The molecule has 0 radical (unpaired) electrons. The van der Waals surface area contributed by atoms with Crippen molar-refractivity contribution in [2.24, 2.45) is 0 Å². The standard InChI is InChI=1S/C18H25N5O2S2/c1-5-9-19-17-21-22-18(27-17)26-11-15(25)23(4)10-14(24)20-16-12(2)7-6-8-13(16)3/h6-8H,5,9-11H2,1-4H3,(H,19,21)(H,20,24). The van der Waals surface area contributed by atoms with Crippen LogP contribution in [0.15, 0.2) is 22.5 Å². The van der Waals surface area contributed by atoms with Crippen LogP contribution in [0, 0.1) is 13.8 Å². The molecule has 0 saturated heterocycles. The fourth-order valence-corrected chi connectivity index (χ4v) is 4.02. The number of nitrogens with one attached hydrogen (secondary N) is 2. The van der Waals surface area contributed by atoms with Crippen LogP contribution in [-0.2, 0) is 9.59 Å². The van der Waals surface area contributed by atoms with Gasteiger partial charge in [-0.25, -0.2) is 0 Å². The van der Waals surface area contributed by atoms with Gasteiger partial charge in [-0.2, -0.15) is 0 Å². The predicted molar refractivity (Wildman–Crippen MR) is 112 cm³/mol. The third kappa shape index (κ3) is 6.51. The summed E-state index contributed by atoms with van der Waals surface area (Å²) in [6.45, 7) is 6.82. The van der Waals surface area contributed by atoms with E-state index >= 15 is 0 Å². The summed E-state index contributed by atoms with van der Waals surface area (Å²) in [6.07, 6.45) is 1.01. The lowest BCUT2D eigenvalue weighted by Gasteiger charge is -2.17. The summed E-state index contributed by atoms with van der Waals surface area (Å²) in [5.74, 6) is -0.125. The van der Waals surface area contributed by atoms with Crippen LogP contribution in [0.25, 0.3) is 0 Å². The highest BCUT2D eigenvalue weighted by Crippen LogP contribution is 2.25. The molecule has 0 bridgehead atoms. The highest BCUT2D eigenvalue weighted by molar-refractivity contribution is 8.01. The van der Waals surface area contributed by atoms with Gasteiger partial charge in [-0.3, -0.25) is 9.59 Å². The average Bonchev–Trinajstić information content (AvgIpc) is 3.09. The number of hydrogen-bond donors (Lipinski definition) is 2. The molecule has 1 heterocycles. The van der Waals surface area contributed by atoms with Crippen molar-refractivity contribution in [3.8, 4) is 0 Å². The molecule has 1 aromatic carbocycles. The Hall–Kier alpha value is -2.13. The van der Waals surface area contributed by atoms with E-state index in [-0.39, 0.29) is 24.1 Å². The number of anilines is 2. The van der Waals surface area contributed by atoms with Gasteiger partial charge in [-0.15, -0.1) is 10.2 Å². The van der Waals surface area contributed by atoms with E-state index in [1.807, 2.05) is 32.0 Å². The molecule has 9 heteroatoms.